The van der Waals surface area contributed by atoms with Crippen LogP contribution < -0.4 is 0 Å². The largest absolute Gasteiger partial charge is 0.341 e. The molecule has 0 N–H and O–H groups in total. The van der Waals surface area contributed by atoms with E-state index < -0.39 is 0 Å². The van der Waals surface area contributed by atoms with E-state index in [9.17, 15) is 4.79 Å². The highest BCUT2D eigenvalue weighted by Gasteiger charge is 2.20. The van der Waals surface area contributed by atoms with E-state index >= 15 is 0 Å². The first kappa shape index (κ1) is 12.6. The van der Waals surface area contributed by atoms with Crippen LogP contribution in [-0.2, 0) is 0 Å². The molecule has 0 spiro atoms. The lowest BCUT2D eigenvalue weighted by Crippen LogP contribution is -2.31. The summed E-state index contributed by atoms with van der Waals surface area (Å²) in [5.41, 5.74) is 0.653. The van der Waals surface area contributed by atoms with E-state index in [4.69, 9.17) is 0 Å². The number of aromatic nitrogens is 1. The number of nitrogens with zero attached hydrogens (tertiary/aromatic N) is 2. The number of carbonyl (C=O) groups is 1. The van der Waals surface area contributed by atoms with Crippen LogP contribution in [0.1, 0.15) is 36.0 Å². The number of pyridine rings is 1. The minimum atomic E-state index is 0.0608. The van der Waals surface area contributed by atoms with Crippen LogP contribution in [0, 0.1) is 5.92 Å². The Labute approximate surface area is 110 Å². The van der Waals surface area contributed by atoms with Crippen molar-refractivity contribution >= 4 is 21.8 Å². The molecule has 1 saturated carbocycles. The van der Waals surface area contributed by atoms with Gasteiger partial charge in [-0.25, -0.2) is 0 Å². The lowest BCUT2D eigenvalue weighted by atomic mass is 10.1. The van der Waals surface area contributed by atoms with Gasteiger partial charge in [0.2, 0.25) is 0 Å². The summed E-state index contributed by atoms with van der Waals surface area (Å²) in [6.07, 6.45) is 8.45. The van der Waals surface area contributed by atoms with Gasteiger partial charge in [-0.3, -0.25) is 9.78 Å². The van der Waals surface area contributed by atoms with E-state index in [1.165, 1.54) is 25.7 Å². The Hall–Kier alpha value is -0.900. The Kier molecular flexibility index (Phi) is 4.15. The molecule has 1 aromatic heterocycles. The van der Waals surface area contributed by atoms with Crippen molar-refractivity contribution in [3.05, 3.63) is 28.5 Å². The summed E-state index contributed by atoms with van der Waals surface area (Å²) in [7, 11) is 1.88. The first-order valence-corrected chi connectivity index (χ1v) is 6.82. The minimum Gasteiger partial charge on any atom is -0.341 e. The van der Waals surface area contributed by atoms with Gasteiger partial charge in [0, 0.05) is 30.5 Å². The first-order chi connectivity index (χ1) is 8.16. The molecule has 1 aliphatic carbocycles. The zero-order valence-electron chi connectivity index (χ0n) is 10.0. The molecule has 3 nitrogen and oxygen atoms in total. The zero-order valence-corrected chi connectivity index (χ0v) is 11.6. The molecule has 1 heterocycles. The van der Waals surface area contributed by atoms with Gasteiger partial charge in [-0.1, -0.05) is 12.8 Å². The van der Waals surface area contributed by atoms with E-state index in [-0.39, 0.29) is 5.91 Å². The van der Waals surface area contributed by atoms with E-state index in [0.29, 0.717) is 11.5 Å². The summed E-state index contributed by atoms with van der Waals surface area (Å²) < 4.78 is 0.845. The standard InChI is InChI=1S/C13H17BrN2O/c1-16(9-10-4-2-3-5-10)13(17)11-6-12(14)8-15-7-11/h6-8,10H,2-5,9H2,1H3. The van der Waals surface area contributed by atoms with Gasteiger partial charge in [0.15, 0.2) is 0 Å². The lowest BCUT2D eigenvalue weighted by molar-refractivity contribution is 0.0773. The number of carbonyl (C=O) groups excluding carboxylic acids is 1. The molecule has 1 fully saturated rings. The van der Waals surface area contributed by atoms with Crippen LogP contribution in [0.4, 0.5) is 0 Å². The molecule has 1 amide bonds. The van der Waals surface area contributed by atoms with Crippen LogP contribution in [0.2, 0.25) is 0 Å². The molecule has 0 radical (unpaired) electrons. The number of hydrogen-bond acceptors (Lipinski definition) is 2. The number of hydrogen-bond donors (Lipinski definition) is 0. The molecule has 17 heavy (non-hydrogen) atoms. The second kappa shape index (κ2) is 5.63. The van der Waals surface area contributed by atoms with Crippen molar-refractivity contribution < 1.29 is 4.79 Å². The number of amides is 1. The molecule has 0 bridgehead atoms. The first-order valence-electron chi connectivity index (χ1n) is 6.03. The number of halogens is 1. The highest BCUT2D eigenvalue weighted by atomic mass is 79.9. The van der Waals surface area contributed by atoms with Crippen molar-refractivity contribution in [2.75, 3.05) is 13.6 Å². The Bertz CT molecular complexity index is 402. The molecule has 0 unspecified atom stereocenters. The summed E-state index contributed by atoms with van der Waals surface area (Å²) in [5.74, 6) is 0.745. The maximum absolute atomic E-state index is 12.1. The van der Waals surface area contributed by atoms with Crippen LogP contribution in [0.15, 0.2) is 22.9 Å². The smallest absolute Gasteiger partial charge is 0.255 e. The van der Waals surface area contributed by atoms with E-state index in [0.717, 1.165) is 11.0 Å². The molecule has 1 aliphatic rings. The fourth-order valence-electron chi connectivity index (χ4n) is 2.41. The quantitative estimate of drug-likeness (QED) is 0.859. The molecular weight excluding hydrogens is 280 g/mol. The van der Waals surface area contributed by atoms with Crippen molar-refractivity contribution in [3.8, 4) is 0 Å². The molecule has 2 rings (SSSR count). The summed E-state index contributed by atoms with van der Waals surface area (Å²) in [6, 6.07) is 1.82. The van der Waals surface area contributed by atoms with Gasteiger partial charge in [0.25, 0.3) is 5.91 Å². The third kappa shape index (κ3) is 3.28. The maximum atomic E-state index is 12.1. The zero-order chi connectivity index (χ0) is 12.3. The van der Waals surface area contributed by atoms with Crippen molar-refractivity contribution in [3.63, 3.8) is 0 Å². The van der Waals surface area contributed by atoms with Crippen molar-refractivity contribution in [1.29, 1.82) is 0 Å². The molecule has 0 atom stereocenters. The van der Waals surface area contributed by atoms with Gasteiger partial charge >= 0.3 is 0 Å². The SMILES string of the molecule is CN(CC1CCCC1)C(=O)c1cncc(Br)c1. The molecule has 0 saturated heterocycles. The second-order valence-electron chi connectivity index (χ2n) is 4.73. The minimum absolute atomic E-state index is 0.0608. The molecule has 1 aromatic rings. The van der Waals surface area contributed by atoms with E-state index in [1.807, 2.05) is 18.0 Å². The van der Waals surface area contributed by atoms with E-state index in [1.54, 1.807) is 12.4 Å². The van der Waals surface area contributed by atoms with Crippen molar-refractivity contribution in [2.24, 2.45) is 5.92 Å². The second-order valence-corrected chi connectivity index (χ2v) is 5.64. The highest BCUT2D eigenvalue weighted by Crippen LogP contribution is 2.25. The molecular formula is C13H17BrN2O. The molecule has 4 heteroatoms. The van der Waals surface area contributed by atoms with E-state index in [2.05, 4.69) is 20.9 Å². The number of rotatable bonds is 3. The van der Waals surface area contributed by atoms with Crippen molar-refractivity contribution in [2.45, 2.75) is 25.7 Å². The van der Waals surface area contributed by atoms with Crippen LogP contribution in [0.3, 0.4) is 0 Å². The third-order valence-corrected chi connectivity index (χ3v) is 3.74. The van der Waals surface area contributed by atoms with Crippen LogP contribution in [0.5, 0.6) is 0 Å². The Morgan fingerprint density at radius 3 is 2.82 bits per heavy atom. The monoisotopic (exact) mass is 296 g/mol. The molecule has 92 valence electrons. The lowest BCUT2D eigenvalue weighted by Gasteiger charge is -2.21. The van der Waals surface area contributed by atoms with Crippen LogP contribution in [-0.4, -0.2) is 29.4 Å². The molecule has 0 aliphatic heterocycles. The fraction of sp³-hybridized carbons (Fsp3) is 0.538. The summed E-state index contributed by atoms with van der Waals surface area (Å²) in [4.78, 5) is 18.0. The average Bonchev–Trinajstić information content (AvgIpc) is 2.80. The predicted octanol–water partition coefficient (Wildman–Crippen LogP) is 3.11. The Morgan fingerprint density at radius 2 is 2.18 bits per heavy atom. The van der Waals surface area contributed by atoms with Gasteiger partial charge in [0.05, 0.1) is 5.56 Å². The van der Waals surface area contributed by atoms with Gasteiger partial charge < -0.3 is 4.90 Å². The van der Waals surface area contributed by atoms with Gasteiger partial charge in [-0.15, -0.1) is 0 Å². The summed E-state index contributed by atoms with van der Waals surface area (Å²) >= 11 is 3.33. The highest BCUT2D eigenvalue weighted by molar-refractivity contribution is 9.10. The van der Waals surface area contributed by atoms with Crippen LogP contribution >= 0.6 is 15.9 Å². The fourth-order valence-corrected chi connectivity index (χ4v) is 2.78. The predicted molar refractivity (Wildman–Crippen MR) is 70.9 cm³/mol. The Balaban J connectivity index is 1.98. The van der Waals surface area contributed by atoms with Crippen molar-refractivity contribution in [1.82, 2.24) is 9.88 Å². The van der Waals surface area contributed by atoms with Crippen LogP contribution in [0.25, 0.3) is 0 Å². The summed E-state index contributed by atoms with van der Waals surface area (Å²) in [6.45, 7) is 0.866. The summed E-state index contributed by atoms with van der Waals surface area (Å²) in [5, 5.41) is 0. The maximum Gasteiger partial charge on any atom is 0.255 e. The third-order valence-electron chi connectivity index (χ3n) is 3.31. The normalized spacial score (nSPS) is 16.1. The Morgan fingerprint density at radius 1 is 1.47 bits per heavy atom. The van der Waals surface area contributed by atoms with Gasteiger partial charge in [0.1, 0.15) is 0 Å². The topological polar surface area (TPSA) is 33.2 Å². The van der Waals surface area contributed by atoms with Gasteiger partial charge in [-0.2, -0.15) is 0 Å². The molecule has 0 aromatic carbocycles. The van der Waals surface area contributed by atoms with Gasteiger partial charge in [-0.05, 0) is 40.8 Å². The average molecular weight is 297 g/mol.